The molecule has 2 heteroatoms. The van der Waals surface area contributed by atoms with E-state index in [1.54, 1.807) is 6.20 Å². The Morgan fingerprint density at radius 2 is 1.76 bits per heavy atom. The van der Waals surface area contributed by atoms with Crippen LogP contribution in [0.5, 0.6) is 0 Å². The summed E-state index contributed by atoms with van der Waals surface area (Å²) in [7, 11) is 0. The molecule has 1 aliphatic carbocycles. The summed E-state index contributed by atoms with van der Waals surface area (Å²) in [5, 5.41) is 0. The molecule has 0 bridgehead atoms. The van der Waals surface area contributed by atoms with Crippen molar-refractivity contribution < 1.29 is 4.39 Å². The fourth-order valence-electron chi connectivity index (χ4n) is 2.58. The number of nitrogens with zero attached hydrogens (tertiary/aromatic N) is 1. The molecule has 17 heavy (non-hydrogen) atoms. The van der Waals surface area contributed by atoms with Crippen LogP contribution in [0.2, 0.25) is 0 Å². The summed E-state index contributed by atoms with van der Waals surface area (Å²) < 4.78 is 13.6. The molecule has 0 unspecified atom stereocenters. The summed E-state index contributed by atoms with van der Waals surface area (Å²) in [6, 6.07) is 1.91. The highest BCUT2D eigenvalue weighted by atomic mass is 19.1. The third-order valence-electron chi connectivity index (χ3n) is 3.58. The van der Waals surface area contributed by atoms with Crippen LogP contribution >= 0.6 is 0 Å². The van der Waals surface area contributed by atoms with Gasteiger partial charge in [-0.2, -0.15) is 4.39 Å². The maximum absolute atomic E-state index is 13.6. The van der Waals surface area contributed by atoms with E-state index in [1.165, 1.54) is 12.8 Å². The highest BCUT2D eigenvalue weighted by Crippen LogP contribution is 2.37. The Morgan fingerprint density at radius 1 is 1.18 bits per heavy atom. The van der Waals surface area contributed by atoms with Gasteiger partial charge in [-0.15, -0.1) is 0 Å². The molecule has 0 aliphatic heterocycles. The quantitative estimate of drug-likeness (QED) is 0.636. The topological polar surface area (TPSA) is 12.9 Å². The molecule has 0 aromatic carbocycles. The van der Waals surface area contributed by atoms with Crippen molar-refractivity contribution in [2.75, 3.05) is 0 Å². The first-order valence-electron chi connectivity index (χ1n) is 6.79. The van der Waals surface area contributed by atoms with Gasteiger partial charge in [0.05, 0.1) is 0 Å². The van der Waals surface area contributed by atoms with Crippen molar-refractivity contribution in [3.8, 4) is 0 Å². The summed E-state index contributed by atoms with van der Waals surface area (Å²) in [4.78, 5) is 3.77. The number of hydrogen-bond donors (Lipinski definition) is 0. The minimum absolute atomic E-state index is 0.255. The molecule has 0 spiro atoms. The molecule has 1 aromatic heterocycles. The van der Waals surface area contributed by atoms with E-state index in [1.807, 2.05) is 26.8 Å². The Hall–Kier alpha value is -0.920. The summed E-state index contributed by atoms with van der Waals surface area (Å²) in [5.74, 6) is 0.950. The van der Waals surface area contributed by atoms with Crippen LogP contribution in [0.4, 0.5) is 4.39 Å². The second-order valence-electron chi connectivity index (χ2n) is 4.79. The molecule has 0 saturated heterocycles. The van der Waals surface area contributed by atoms with E-state index >= 15 is 0 Å². The molecule has 1 saturated carbocycles. The van der Waals surface area contributed by atoms with Crippen molar-refractivity contribution in [3.05, 3.63) is 29.3 Å². The van der Waals surface area contributed by atoms with Crippen molar-refractivity contribution >= 4 is 0 Å². The molecule has 0 amide bonds. The van der Waals surface area contributed by atoms with Crippen molar-refractivity contribution in [3.63, 3.8) is 0 Å². The number of hydrogen-bond acceptors (Lipinski definition) is 1. The number of aryl methyl sites for hydroxylation is 1. The van der Waals surface area contributed by atoms with E-state index in [2.05, 4.69) is 11.9 Å². The van der Waals surface area contributed by atoms with Crippen LogP contribution in [0.3, 0.4) is 0 Å². The van der Waals surface area contributed by atoms with Crippen LogP contribution in [0.15, 0.2) is 12.3 Å². The molecule has 2 rings (SSSR count). The standard InChI is InChI=1S/C13H18FN.C2H6/c1-9-3-5-11(6-4-9)12-10(2)7-8-15-13(12)14;1-2/h7-9,11H,3-6H2,1-2H3;1-2H3. The maximum atomic E-state index is 13.6. The Labute approximate surface area is 104 Å². The Kier molecular flexibility index (Phi) is 5.60. The average molecular weight is 237 g/mol. The zero-order chi connectivity index (χ0) is 12.8. The van der Waals surface area contributed by atoms with E-state index in [4.69, 9.17) is 0 Å². The van der Waals surface area contributed by atoms with Gasteiger partial charge in [-0.05, 0) is 43.2 Å². The lowest BCUT2D eigenvalue weighted by atomic mass is 9.79. The Bertz CT molecular complexity index is 321. The van der Waals surface area contributed by atoms with Crippen molar-refractivity contribution in [2.45, 2.75) is 59.3 Å². The van der Waals surface area contributed by atoms with Crippen molar-refractivity contribution in [2.24, 2.45) is 5.92 Å². The van der Waals surface area contributed by atoms with Gasteiger partial charge in [-0.1, -0.05) is 33.6 Å². The lowest BCUT2D eigenvalue weighted by Crippen LogP contribution is -2.13. The molecular weight excluding hydrogens is 213 g/mol. The summed E-state index contributed by atoms with van der Waals surface area (Å²) in [6.07, 6.45) is 6.23. The van der Waals surface area contributed by atoms with E-state index in [-0.39, 0.29) is 5.95 Å². The summed E-state index contributed by atoms with van der Waals surface area (Å²) in [5.41, 5.74) is 1.92. The number of pyridine rings is 1. The van der Waals surface area contributed by atoms with Gasteiger partial charge in [-0.25, -0.2) is 4.98 Å². The third-order valence-corrected chi connectivity index (χ3v) is 3.58. The van der Waals surface area contributed by atoms with Gasteiger partial charge in [0.2, 0.25) is 5.95 Å². The highest BCUT2D eigenvalue weighted by molar-refractivity contribution is 5.27. The molecule has 1 fully saturated rings. The fourth-order valence-corrected chi connectivity index (χ4v) is 2.58. The zero-order valence-corrected chi connectivity index (χ0v) is 11.5. The van der Waals surface area contributed by atoms with Gasteiger partial charge >= 0.3 is 0 Å². The van der Waals surface area contributed by atoms with Crippen LogP contribution in [0.25, 0.3) is 0 Å². The second kappa shape index (κ2) is 6.73. The molecule has 96 valence electrons. The van der Waals surface area contributed by atoms with Crippen LogP contribution in [0, 0.1) is 18.8 Å². The fraction of sp³-hybridized carbons (Fsp3) is 0.667. The van der Waals surface area contributed by atoms with Gasteiger partial charge in [0, 0.05) is 11.8 Å². The smallest absolute Gasteiger partial charge is 0.216 e. The summed E-state index contributed by atoms with van der Waals surface area (Å²) in [6.45, 7) is 8.26. The average Bonchev–Trinajstić information content (AvgIpc) is 2.34. The van der Waals surface area contributed by atoms with Gasteiger partial charge in [0.15, 0.2) is 0 Å². The minimum Gasteiger partial charge on any atom is -0.228 e. The maximum Gasteiger partial charge on any atom is 0.216 e. The molecule has 1 heterocycles. The SMILES string of the molecule is CC.Cc1ccnc(F)c1C1CCC(C)CC1. The molecule has 1 nitrogen and oxygen atoms in total. The van der Waals surface area contributed by atoms with Gasteiger partial charge in [0.25, 0.3) is 0 Å². The normalized spacial score (nSPS) is 23.8. The van der Waals surface area contributed by atoms with Crippen LogP contribution in [0.1, 0.15) is 63.5 Å². The Balaban J connectivity index is 0.000000686. The minimum atomic E-state index is -0.255. The van der Waals surface area contributed by atoms with E-state index in [0.29, 0.717) is 5.92 Å². The monoisotopic (exact) mass is 237 g/mol. The van der Waals surface area contributed by atoms with E-state index < -0.39 is 0 Å². The van der Waals surface area contributed by atoms with Crippen LogP contribution < -0.4 is 0 Å². The molecular formula is C15H24FN. The number of aromatic nitrogens is 1. The predicted molar refractivity (Wildman–Crippen MR) is 70.7 cm³/mol. The van der Waals surface area contributed by atoms with Gasteiger partial charge < -0.3 is 0 Å². The lowest BCUT2D eigenvalue weighted by molar-refractivity contribution is 0.339. The first-order valence-corrected chi connectivity index (χ1v) is 6.79. The predicted octanol–water partition coefficient (Wildman–Crippen LogP) is 4.85. The van der Waals surface area contributed by atoms with Crippen molar-refractivity contribution in [1.82, 2.24) is 4.98 Å². The van der Waals surface area contributed by atoms with E-state index in [9.17, 15) is 4.39 Å². The second-order valence-corrected chi connectivity index (χ2v) is 4.79. The van der Waals surface area contributed by atoms with Gasteiger partial charge in [0.1, 0.15) is 0 Å². The lowest BCUT2D eigenvalue weighted by Gasteiger charge is -2.27. The molecule has 1 aromatic rings. The number of halogens is 1. The molecule has 0 N–H and O–H groups in total. The third kappa shape index (κ3) is 3.52. The van der Waals surface area contributed by atoms with E-state index in [0.717, 1.165) is 29.9 Å². The van der Waals surface area contributed by atoms with Crippen LogP contribution in [-0.4, -0.2) is 4.98 Å². The van der Waals surface area contributed by atoms with Crippen LogP contribution in [-0.2, 0) is 0 Å². The Morgan fingerprint density at radius 3 is 2.29 bits per heavy atom. The summed E-state index contributed by atoms with van der Waals surface area (Å²) >= 11 is 0. The first kappa shape index (κ1) is 14.1. The first-order chi connectivity index (χ1) is 8.18. The van der Waals surface area contributed by atoms with Gasteiger partial charge in [-0.3, -0.25) is 0 Å². The highest BCUT2D eigenvalue weighted by Gasteiger charge is 2.23. The molecule has 0 atom stereocenters. The molecule has 1 aliphatic rings. The number of rotatable bonds is 1. The zero-order valence-electron chi connectivity index (χ0n) is 11.5. The largest absolute Gasteiger partial charge is 0.228 e. The van der Waals surface area contributed by atoms with Crippen molar-refractivity contribution in [1.29, 1.82) is 0 Å². The molecule has 0 radical (unpaired) electrons.